The highest BCUT2D eigenvalue weighted by Crippen LogP contribution is 2.25. The van der Waals surface area contributed by atoms with Crippen molar-refractivity contribution in [3.8, 4) is 0 Å². The van der Waals surface area contributed by atoms with Crippen molar-refractivity contribution in [2.45, 2.75) is 26.1 Å². The predicted octanol–water partition coefficient (Wildman–Crippen LogP) is 2.72. The summed E-state index contributed by atoms with van der Waals surface area (Å²) in [5.41, 5.74) is 1.78. The largest absolute Gasteiger partial charge is 0.372 e. The number of carbonyl (C=O) groups excluding carboxylic acids is 1. The number of rotatable bonds is 2. The standard InChI is InChI=1S/C13H16INO2/c1-9-6-15(7-10(2)17-9)13-4-3-12(14)5-11(13)8-16/h3-5,8-10H,6-7H2,1-2H3. The number of benzene rings is 1. The monoisotopic (exact) mass is 345 g/mol. The van der Waals surface area contributed by atoms with Crippen LogP contribution in [0.5, 0.6) is 0 Å². The summed E-state index contributed by atoms with van der Waals surface area (Å²) in [6.07, 6.45) is 1.34. The Bertz CT molecular complexity index is 412. The molecular weight excluding hydrogens is 329 g/mol. The Morgan fingerprint density at radius 2 is 2.00 bits per heavy atom. The molecule has 0 aliphatic carbocycles. The van der Waals surface area contributed by atoms with Crippen LogP contribution in [0.15, 0.2) is 18.2 Å². The van der Waals surface area contributed by atoms with Crippen molar-refractivity contribution in [2.24, 2.45) is 0 Å². The smallest absolute Gasteiger partial charge is 0.152 e. The second kappa shape index (κ2) is 5.35. The van der Waals surface area contributed by atoms with Gasteiger partial charge in [0.15, 0.2) is 6.29 Å². The van der Waals surface area contributed by atoms with E-state index in [9.17, 15) is 4.79 Å². The van der Waals surface area contributed by atoms with E-state index >= 15 is 0 Å². The molecule has 0 saturated carbocycles. The Labute approximate surface area is 115 Å². The van der Waals surface area contributed by atoms with Gasteiger partial charge in [-0.15, -0.1) is 0 Å². The van der Waals surface area contributed by atoms with E-state index in [1.807, 2.05) is 18.2 Å². The molecule has 0 bridgehead atoms. The Morgan fingerprint density at radius 1 is 1.35 bits per heavy atom. The van der Waals surface area contributed by atoms with Crippen LogP contribution < -0.4 is 4.90 Å². The Morgan fingerprint density at radius 3 is 2.59 bits per heavy atom. The first-order valence-electron chi connectivity index (χ1n) is 5.75. The lowest BCUT2D eigenvalue weighted by Gasteiger charge is -2.37. The molecule has 1 aromatic rings. The van der Waals surface area contributed by atoms with E-state index in [0.717, 1.165) is 34.2 Å². The van der Waals surface area contributed by atoms with Gasteiger partial charge in [-0.3, -0.25) is 4.79 Å². The molecule has 0 aromatic heterocycles. The summed E-state index contributed by atoms with van der Waals surface area (Å²) in [6.45, 7) is 5.81. The van der Waals surface area contributed by atoms with E-state index in [2.05, 4.69) is 41.3 Å². The molecule has 0 radical (unpaired) electrons. The molecule has 1 heterocycles. The first kappa shape index (κ1) is 12.8. The lowest BCUT2D eigenvalue weighted by molar-refractivity contribution is -0.00525. The van der Waals surface area contributed by atoms with Crippen LogP contribution in [0.2, 0.25) is 0 Å². The van der Waals surface area contributed by atoms with Crippen LogP contribution in [0, 0.1) is 3.57 Å². The Hall–Kier alpha value is -0.620. The van der Waals surface area contributed by atoms with Crippen LogP contribution in [0.4, 0.5) is 5.69 Å². The summed E-state index contributed by atoms with van der Waals surface area (Å²) < 4.78 is 6.79. The van der Waals surface area contributed by atoms with Gasteiger partial charge in [0.1, 0.15) is 0 Å². The highest BCUT2D eigenvalue weighted by molar-refractivity contribution is 14.1. The fourth-order valence-electron chi connectivity index (χ4n) is 2.28. The summed E-state index contributed by atoms with van der Waals surface area (Å²) >= 11 is 2.22. The van der Waals surface area contributed by atoms with Gasteiger partial charge in [-0.1, -0.05) is 0 Å². The number of ether oxygens (including phenoxy) is 1. The highest BCUT2D eigenvalue weighted by Gasteiger charge is 2.23. The van der Waals surface area contributed by atoms with Gasteiger partial charge in [0.25, 0.3) is 0 Å². The maximum atomic E-state index is 11.1. The molecular formula is C13H16INO2. The van der Waals surface area contributed by atoms with Crippen LogP contribution in [-0.2, 0) is 4.74 Å². The molecule has 2 unspecified atom stereocenters. The summed E-state index contributed by atoms with van der Waals surface area (Å²) in [7, 11) is 0. The topological polar surface area (TPSA) is 29.5 Å². The van der Waals surface area contributed by atoms with E-state index in [4.69, 9.17) is 4.74 Å². The molecule has 0 spiro atoms. The average Bonchev–Trinajstić information content (AvgIpc) is 2.27. The van der Waals surface area contributed by atoms with Gasteiger partial charge in [0.2, 0.25) is 0 Å². The third-order valence-corrected chi connectivity index (χ3v) is 3.55. The number of nitrogens with zero attached hydrogens (tertiary/aromatic N) is 1. The lowest BCUT2D eigenvalue weighted by atomic mass is 10.1. The second-order valence-electron chi connectivity index (χ2n) is 4.48. The van der Waals surface area contributed by atoms with Crippen molar-refractivity contribution in [3.05, 3.63) is 27.3 Å². The quantitative estimate of drug-likeness (QED) is 0.610. The normalized spacial score (nSPS) is 24.8. The molecule has 17 heavy (non-hydrogen) atoms. The van der Waals surface area contributed by atoms with Gasteiger partial charge < -0.3 is 9.64 Å². The number of halogens is 1. The van der Waals surface area contributed by atoms with Crippen LogP contribution in [0.1, 0.15) is 24.2 Å². The van der Waals surface area contributed by atoms with Crippen LogP contribution in [-0.4, -0.2) is 31.6 Å². The van der Waals surface area contributed by atoms with Crippen molar-refractivity contribution >= 4 is 34.6 Å². The van der Waals surface area contributed by atoms with Gasteiger partial charge in [-0.2, -0.15) is 0 Å². The van der Waals surface area contributed by atoms with Crippen LogP contribution in [0.3, 0.4) is 0 Å². The molecule has 1 aromatic carbocycles. The molecule has 0 N–H and O–H groups in total. The highest BCUT2D eigenvalue weighted by atomic mass is 127. The summed E-state index contributed by atoms with van der Waals surface area (Å²) in [4.78, 5) is 13.4. The number of aldehydes is 1. The predicted molar refractivity (Wildman–Crippen MR) is 76.8 cm³/mol. The van der Waals surface area contributed by atoms with Crippen LogP contribution >= 0.6 is 22.6 Å². The molecule has 2 rings (SSSR count). The fraction of sp³-hybridized carbons (Fsp3) is 0.462. The maximum Gasteiger partial charge on any atom is 0.152 e. The van der Waals surface area contributed by atoms with Gasteiger partial charge in [0, 0.05) is 27.9 Å². The lowest BCUT2D eigenvalue weighted by Crippen LogP contribution is -2.45. The number of anilines is 1. The summed E-state index contributed by atoms with van der Waals surface area (Å²) in [5.74, 6) is 0. The van der Waals surface area contributed by atoms with E-state index in [0.29, 0.717) is 0 Å². The van der Waals surface area contributed by atoms with Crippen molar-refractivity contribution in [1.29, 1.82) is 0 Å². The third-order valence-electron chi connectivity index (χ3n) is 2.88. The number of carbonyl (C=O) groups is 1. The minimum atomic E-state index is 0.206. The van der Waals surface area contributed by atoms with Gasteiger partial charge in [-0.25, -0.2) is 0 Å². The molecule has 92 valence electrons. The van der Waals surface area contributed by atoms with Gasteiger partial charge in [0.05, 0.1) is 12.2 Å². The van der Waals surface area contributed by atoms with Gasteiger partial charge >= 0.3 is 0 Å². The summed E-state index contributed by atoms with van der Waals surface area (Å²) in [6, 6.07) is 5.98. The maximum absolute atomic E-state index is 11.1. The van der Waals surface area contributed by atoms with Gasteiger partial charge in [-0.05, 0) is 54.6 Å². The zero-order valence-corrected chi connectivity index (χ0v) is 12.2. The van der Waals surface area contributed by atoms with E-state index in [1.165, 1.54) is 0 Å². The van der Waals surface area contributed by atoms with E-state index < -0.39 is 0 Å². The van der Waals surface area contributed by atoms with Crippen molar-refractivity contribution < 1.29 is 9.53 Å². The second-order valence-corrected chi connectivity index (χ2v) is 5.73. The molecule has 3 nitrogen and oxygen atoms in total. The van der Waals surface area contributed by atoms with E-state index in [-0.39, 0.29) is 12.2 Å². The average molecular weight is 345 g/mol. The number of hydrogen-bond donors (Lipinski definition) is 0. The van der Waals surface area contributed by atoms with Crippen LogP contribution in [0.25, 0.3) is 0 Å². The molecule has 1 aliphatic heterocycles. The molecule has 2 atom stereocenters. The minimum Gasteiger partial charge on any atom is -0.372 e. The molecule has 1 saturated heterocycles. The molecule has 0 amide bonds. The van der Waals surface area contributed by atoms with Crippen molar-refractivity contribution in [1.82, 2.24) is 0 Å². The zero-order chi connectivity index (χ0) is 12.4. The minimum absolute atomic E-state index is 0.206. The number of morpholine rings is 1. The fourth-order valence-corrected chi connectivity index (χ4v) is 2.80. The third kappa shape index (κ3) is 2.98. The number of hydrogen-bond acceptors (Lipinski definition) is 3. The zero-order valence-electron chi connectivity index (χ0n) is 10.0. The molecule has 1 fully saturated rings. The van der Waals surface area contributed by atoms with Crippen molar-refractivity contribution in [3.63, 3.8) is 0 Å². The first-order chi connectivity index (χ1) is 8.10. The van der Waals surface area contributed by atoms with Crippen molar-refractivity contribution in [2.75, 3.05) is 18.0 Å². The van der Waals surface area contributed by atoms with E-state index in [1.54, 1.807) is 0 Å². The molecule has 4 heteroatoms. The first-order valence-corrected chi connectivity index (χ1v) is 6.83. The molecule has 1 aliphatic rings. The Balaban J connectivity index is 2.29. The SMILES string of the molecule is CC1CN(c2ccc(I)cc2C=O)CC(C)O1. The summed E-state index contributed by atoms with van der Waals surface area (Å²) in [5, 5.41) is 0. The Kier molecular flexibility index (Phi) is 4.04.